The van der Waals surface area contributed by atoms with Crippen LogP contribution in [0.25, 0.3) is 0 Å². The topological polar surface area (TPSA) is 101 Å². The van der Waals surface area contributed by atoms with Gasteiger partial charge in [0.15, 0.2) is 6.29 Å². The maximum Gasteiger partial charge on any atom is 0.310 e. The van der Waals surface area contributed by atoms with Gasteiger partial charge in [-0.2, -0.15) is 0 Å². The molecule has 0 aliphatic carbocycles. The molecular weight excluding hydrogens is 368 g/mol. The van der Waals surface area contributed by atoms with E-state index in [0.29, 0.717) is 6.61 Å². The number of esters is 2. The molecule has 0 bridgehead atoms. The molecule has 0 aromatic rings. The van der Waals surface area contributed by atoms with E-state index in [9.17, 15) is 9.59 Å². The van der Waals surface area contributed by atoms with Crippen molar-refractivity contribution in [3.8, 4) is 0 Å². The Hall–Kier alpha value is -1.64. The van der Waals surface area contributed by atoms with Gasteiger partial charge in [0.1, 0.15) is 0 Å². The molecule has 2 rings (SSSR count). The second-order valence-electron chi connectivity index (χ2n) is 6.55. The van der Waals surface area contributed by atoms with E-state index in [1.54, 1.807) is 20.1 Å². The Labute approximate surface area is 168 Å². The summed E-state index contributed by atoms with van der Waals surface area (Å²) in [6.45, 7) is 5.29. The third kappa shape index (κ3) is 13.5. The summed E-state index contributed by atoms with van der Waals surface area (Å²) < 4.78 is 24.6. The van der Waals surface area contributed by atoms with Crippen molar-refractivity contribution < 1.29 is 38.4 Å². The number of ether oxygens (including phenoxy) is 5. The second kappa shape index (κ2) is 17.5. The molecule has 28 heavy (non-hydrogen) atoms. The van der Waals surface area contributed by atoms with Crippen LogP contribution in [0.15, 0.2) is 12.3 Å². The zero-order valence-electron chi connectivity index (χ0n) is 17.6. The highest BCUT2D eigenvalue weighted by molar-refractivity contribution is 5.72. The molecule has 1 fully saturated rings. The van der Waals surface area contributed by atoms with Crippen molar-refractivity contribution >= 4 is 11.9 Å². The smallest absolute Gasteiger partial charge is 0.310 e. The minimum atomic E-state index is -0.389. The molecule has 8 nitrogen and oxygen atoms in total. The van der Waals surface area contributed by atoms with Crippen molar-refractivity contribution in [3.63, 3.8) is 0 Å². The van der Waals surface area contributed by atoms with Crippen molar-refractivity contribution in [1.29, 1.82) is 0 Å². The van der Waals surface area contributed by atoms with E-state index in [4.69, 9.17) is 19.3 Å². The first-order chi connectivity index (χ1) is 13.5. The number of aliphatic hydroxyl groups excluding tert-OH is 1. The van der Waals surface area contributed by atoms with Gasteiger partial charge in [0.25, 0.3) is 0 Å². The Balaban J connectivity index is 0.000000438. The highest BCUT2D eigenvalue weighted by Gasteiger charge is 2.18. The quantitative estimate of drug-likeness (QED) is 0.674. The minimum Gasteiger partial charge on any atom is -0.502 e. The molecule has 1 saturated heterocycles. The van der Waals surface area contributed by atoms with Crippen LogP contribution < -0.4 is 0 Å². The van der Waals surface area contributed by atoms with Crippen LogP contribution >= 0.6 is 0 Å². The van der Waals surface area contributed by atoms with Gasteiger partial charge in [-0.15, -0.1) is 0 Å². The molecular formula is C20H36O8. The van der Waals surface area contributed by atoms with Crippen LogP contribution in [0.5, 0.6) is 0 Å². The van der Waals surface area contributed by atoms with E-state index >= 15 is 0 Å². The van der Waals surface area contributed by atoms with Gasteiger partial charge < -0.3 is 28.8 Å². The molecule has 2 aliphatic heterocycles. The lowest BCUT2D eigenvalue weighted by Crippen LogP contribution is -2.27. The van der Waals surface area contributed by atoms with Crippen LogP contribution in [-0.2, 0) is 33.3 Å². The summed E-state index contributed by atoms with van der Waals surface area (Å²) in [5.74, 6) is -1.21. The lowest BCUT2D eigenvalue weighted by atomic mass is 10.2. The first-order valence-electron chi connectivity index (χ1n) is 9.72. The Kier molecular flexibility index (Phi) is 16.4. The first kappa shape index (κ1) is 26.4. The molecule has 0 aromatic heterocycles. The summed E-state index contributed by atoms with van der Waals surface area (Å²) >= 11 is 0. The predicted octanol–water partition coefficient (Wildman–Crippen LogP) is 2.44. The molecule has 1 unspecified atom stereocenters. The standard InChI is InChI=1S/C10H18O4.C5H10O3.C5H8O/c1-8(10(11)12-2)7-14-9-5-3-4-6-13-9;1-4(3-6)5(7)8-2;1-2-4-6-5-3-1/h8-9H,3-7H2,1-2H3;4,6H,3H2,1-2H3;2,4H,1,3,5H2/t8-,9?;4-;/m00./s1. The van der Waals surface area contributed by atoms with Crippen molar-refractivity contribution in [2.75, 3.05) is 40.6 Å². The second-order valence-corrected chi connectivity index (χ2v) is 6.55. The fraction of sp³-hybridized carbons (Fsp3) is 0.800. The van der Waals surface area contributed by atoms with Crippen molar-refractivity contribution in [2.45, 2.75) is 52.2 Å². The molecule has 2 heterocycles. The van der Waals surface area contributed by atoms with Crippen LogP contribution in [0.2, 0.25) is 0 Å². The third-order valence-corrected chi connectivity index (χ3v) is 3.98. The molecule has 0 spiro atoms. The molecule has 1 N–H and O–H groups in total. The normalized spacial score (nSPS) is 20.1. The Bertz CT molecular complexity index is 424. The van der Waals surface area contributed by atoms with Gasteiger partial charge in [-0.25, -0.2) is 0 Å². The Morgan fingerprint density at radius 2 is 1.75 bits per heavy atom. The zero-order valence-corrected chi connectivity index (χ0v) is 17.6. The van der Waals surface area contributed by atoms with Gasteiger partial charge in [-0.05, 0) is 52.0 Å². The molecule has 0 amide bonds. The summed E-state index contributed by atoms with van der Waals surface area (Å²) in [7, 11) is 2.68. The van der Waals surface area contributed by atoms with E-state index in [1.165, 1.54) is 27.1 Å². The summed E-state index contributed by atoms with van der Waals surface area (Å²) in [6, 6.07) is 0. The van der Waals surface area contributed by atoms with Crippen molar-refractivity contribution in [2.24, 2.45) is 11.8 Å². The molecule has 0 saturated carbocycles. The third-order valence-electron chi connectivity index (χ3n) is 3.98. The Morgan fingerprint density at radius 1 is 1.07 bits per heavy atom. The molecule has 0 radical (unpaired) electrons. The number of carbonyl (C=O) groups is 2. The summed E-state index contributed by atoms with van der Waals surface area (Å²) in [4.78, 5) is 21.4. The predicted molar refractivity (Wildman–Crippen MR) is 103 cm³/mol. The number of allylic oxidation sites excluding steroid dienone is 1. The van der Waals surface area contributed by atoms with E-state index in [1.807, 2.05) is 6.08 Å². The molecule has 2 aliphatic rings. The molecule has 8 heteroatoms. The van der Waals surface area contributed by atoms with Gasteiger partial charge in [-0.3, -0.25) is 9.59 Å². The monoisotopic (exact) mass is 404 g/mol. The van der Waals surface area contributed by atoms with Crippen LogP contribution in [0.1, 0.15) is 46.0 Å². The number of aliphatic hydroxyl groups is 1. The fourth-order valence-electron chi connectivity index (χ4n) is 2.13. The molecule has 164 valence electrons. The number of hydrogen-bond donors (Lipinski definition) is 1. The van der Waals surface area contributed by atoms with Gasteiger partial charge in [-0.1, -0.05) is 0 Å². The van der Waals surface area contributed by atoms with Crippen LogP contribution in [0.4, 0.5) is 0 Å². The summed E-state index contributed by atoms with van der Waals surface area (Å²) in [6.07, 6.45) is 9.23. The highest BCUT2D eigenvalue weighted by atomic mass is 16.7. The first-order valence-corrected chi connectivity index (χ1v) is 9.72. The average molecular weight is 405 g/mol. The van der Waals surface area contributed by atoms with E-state index in [2.05, 4.69) is 9.47 Å². The van der Waals surface area contributed by atoms with Crippen LogP contribution in [0.3, 0.4) is 0 Å². The molecule has 3 atom stereocenters. The van der Waals surface area contributed by atoms with Gasteiger partial charge in [0.2, 0.25) is 0 Å². The number of hydrogen-bond acceptors (Lipinski definition) is 8. The van der Waals surface area contributed by atoms with E-state index in [0.717, 1.165) is 32.5 Å². The largest absolute Gasteiger partial charge is 0.502 e. The lowest BCUT2D eigenvalue weighted by molar-refractivity contribution is -0.175. The van der Waals surface area contributed by atoms with E-state index < -0.39 is 0 Å². The maximum atomic E-state index is 11.0. The SMILES string of the molecule is C1=COCCC1.COC(=O)[C@@H](C)CO.COC(=O)[C@@H](C)COC1CCCCO1. The highest BCUT2D eigenvalue weighted by Crippen LogP contribution is 2.14. The maximum absolute atomic E-state index is 11.0. The van der Waals surface area contributed by atoms with Gasteiger partial charge >= 0.3 is 11.9 Å². The van der Waals surface area contributed by atoms with Gasteiger partial charge in [0.05, 0.1) is 52.1 Å². The fourth-order valence-corrected chi connectivity index (χ4v) is 2.13. The molecule has 0 aromatic carbocycles. The zero-order chi connectivity index (χ0) is 21.2. The Morgan fingerprint density at radius 3 is 2.11 bits per heavy atom. The average Bonchev–Trinajstić information content (AvgIpc) is 2.78. The number of carbonyl (C=O) groups excluding carboxylic acids is 2. The lowest BCUT2D eigenvalue weighted by Gasteiger charge is -2.23. The van der Waals surface area contributed by atoms with Crippen molar-refractivity contribution in [3.05, 3.63) is 12.3 Å². The summed E-state index contributed by atoms with van der Waals surface area (Å²) in [5.41, 5.74) is 0. The number of rotatable bonds is 6. The van der Waals surface area contributed by atoms with Gasteiger partial charge in [0, 0.05) is 6.61 Å². The van der Waals surface area contributed by atoms with E-state index in [-0.39, 0.29) is 36.7 Å². The van der Waals surface area contributed by atoms with Crippen LogP contribution in [-0.4, -0.2) is 64.0 Å². The minimum absolute atomic E-state index is 0.129. The van der Waals surface area contributed by atoms with Crippen molar-refractivity contribution in [1.82, 2.24) is 0 Å². The number of methoxy groups -OCH3 is 2. The van der Waals surface area contributed by atoms with Crippen LogP contribution in [0, 0.1) is 11.8 Å². The summed E-state index contributed by atoms with van der Waals surface area (Å²) in [5, 5.41) is 8.34.